The lowest BCUT2D eigenvalue weighted by molar-refractivity contribution is 0.484. The molecule has 0 bridgehead atoms. The van der Waals surface area contributed by atoms with Gasteiger partial charge in [0.25, 0.3) is 0 Å². The van der Waals surface area contributed by atoms with Gasteiger partial charge in [0.1, 0.15) is 28.6 Å². The average molecular weight is 604 g/mol. The first-order chi connectivity index (χ1) is 23.3. The summed E-state index contributed by atoms with van der Waals surface area (Å²) in [5.74, 6) is 2.35. The molecule has 0 spiro atoms. The molecular weight excluding hydrogens is 578 g/mol. The maximum Gasteiger partial charge on any atom is 0.147 e. The van der Waals surface area contributed by atoms with Crippen molar-refractivity contribution in [2.45, 2.75) is 0 Å². The van der Waals surface area contributed by atoms with Gasteiger partial charge in [-0.2, -0.15) is 0 Å². The Morgan fingerprint density at radius 3 is 2.04 bits per heavy atom. The quantitative estimate of drug-likeness (QED) is 0.188. The van der Waals surface area contributed by atoms with Crippen LogP contribution in [0.5, 0.6) is 11.5 Å². The summed E-state index contributed by atoms with van der Waals surface area (Å²) in [6.07, 6.45) is 1.83. The largest absolute Gasteiger partial charge is 0.457 e. The van der Waals surface area contributed by atoms with E-state index in [1.165, 1.54) is 5.39 Å². The molecular formula is C41H25N5O. The standard InChI is InChI=1S/C41H25N5O/c1-2-10-26(11-3-1)34-22-21-32-29-19-17-27(24-33(29)41-44-35-13-5-7-15-37(35)46(41)40(32)43-34)47-28-18-20-31-30-12-4-6-14-36(30)45(38(31)25-28)39-16-8-9-23-42-39/h1-25H. The highest BCUT2D eigenvalue weighted by atomic mass is 16.5. The van der Waals surface area contributed by atoms with Crippen LogP contribution in [-0.2, 0) is 0 Å². The van der Waals surface area contributed by atoms with Gasteiger partial charge in [-0.05, 0) is 78.2 Å². The Kier molecular flexibility index (Phi) is 5.48. The van der Waals surface area contributed by atoms with Crippen molar-refractivity contribution >= 4 is 60.3 Å². The summed E-state index contributed by atoms with van der Waals surface area (Å²) in [5.41, 5.74) is 7.82. The molecule has 10 rings (SSSR count). The summed E-state index contributed by atoms with van der Waals surface area (Å²) in [5, 5.41) is 5.46. The van der Waals surface area contributed by atoms with E-state index in [2.05, 4.69) is 98.9 Å². The van der Waals surface area contributed by atoms with Crippen molar-refractivity contribution in [1.82, 2.24) is 23.9 Å². The maximum atomic E-state index is 6.61. The van der Waals surface area contributed by atoms with Crippen molar-refractivity contribution in [3.8, 4) is 28.6 Å². The third-order valence-corrected chi connectivity index (χ3v) is 9.00. The van der Waals surface area contributed by atoms with Gasteiger partial charge in [-0.15, -0.1) is 0 Å². The van der Waals surface area contributed by atoms with E-state index in [1.807, 2.05) is 66.9 Å². The Morgan fingerprint density at radius 2 is 1.17 bits per heavy atom. The molecule has 5 aromatic heterocycles. The normalized spacial score (nSPS) is 11.8. The van der Waals surface area contributed by atoms with Gasteiger partial charge >= 0.3 is 0 Å². The van der Waals surface area contributed by atoms with Gasteiger partial charge in [-0.25, -0.2) is 15.0 Å². The number of imidazole rings is 1. The van der Waals surface area contributed by atoms with Crippen molar-refractivity contribution in [3.63, 3.8) is 0 Å². The molecule has 0 atom stereocenters. The van der Waals surface area contributed by atoms with E-state index in [0.29, 0.717) is 0 Å². The molecule has 10 aromatic rings. The first-order valence-corrected chi connectivity index (χ1v) is 15.6. The SMILES string of the molecule is c1ccc(-c2ccc3c4ccc(Oc5ccc6c7ccccc7n(-c7ccccn7)c6c5)cc4c4nc5ccccc5n4c3n2)cc1. The van der Waals surface area contributed by atoms with Crippen LogP contribution in [0, 0.1) is 0 Å². The Morgan fingerprint density at radius 1 is 0.468 bits per heavy atom. The van der Waals surface area contributed by atoms with E-state index in [0.717, 1.165) is 83.5 Å². The van der Waals surface area contributed by atoms with Crippen LogP contribution in [0.25, 0.3) is 77.4 Å². The summed E-state index contributed by atoms with van der Waals surface area (Å²) >= 11 is 0. The molecule has 0 fully saturated rings. The van der Waals surface area contributed by atoms with E-state index in [9.17, 15) is 0 Å². The van der Waals surface area contributed by atoms with Crippen LogP contribution in [0.4, 0.5) is 0 Å². The lowest BCUT2D eigenvalue weighted by Crippen LogP contribution is -1.97. The van der Waals surface area contributed by atoms with E-state index in [4.69, 9.17) is 14.7 Å². The smallest absolute Gasteiger partial charge is 0.147 e. The predicted octanol–water partition coefficient (Wildman–Crippen LogP) is 10.1. The zero-order valence-corrected chi connectivity index (χ0v) is 25.1. The summed E-state index contributed by atoms with van der Waals surface area (Å²) < 4.78 is 11.0. The zero-order chi connectivity index (χ0) is 30.9. The monoisotopic (exact) mass is 603 g/mol. The van der Waals surface area contributed by atoms with Crippen LogP contribution in [0.1, 0.15) is 0 Å². The Hall–Kier alpha value is -6.53. The van der Waals surface area contributed by atoms with E-state index >= 15 is 0 Å². The molecule has 5 aromatic carbocycles. The van der Waals surface area contributed by atoms with Crippen molar-refractivity contribution in [3.05, 3.63) is 152 Å². The van der Waals surface area contributed by atoms with Crippen molar-refractivity contribution in [2.24, 2.45) is 0 Å². The highest BCUT2D eigenvalue weighted by Crippen LogP contribution is 2.38. The molecule has 0 saturated heterocycles. The predicted molar refractivity (Wildman–Crippen MR) is 190 cm³/mol. The van der Waals surface area contributed by atoms with Gasteiger partial charge in [-0.1, -0.05) is 66.7 Å². The van der Waals surface area contributed by atoms with Crippen molar-refractivity contribution < 1.29 is 4.74 Å². The minimum Gasteiger partial charge on any atom is -0.457 e. The van der Waals surface area contributed by atoms with Crippen LogP contribution in [0.15, 0.2) is 152 Å². The molecule has 6 heteroatoms. The number of rotatable bonds is 4. The molecule has 47 heavy (non-hydrogen) atoms. The highest BCUT2D eigenvalue weighted by molar-refractivity contribution is 6.13. The fourth-order valence-corrected chi connectivity index (χ4v) is 6.91. The number of aromatic nitrogens is 5. The molecule has 0 aliphatic rings. The summed E-state index contributed by atoms with van der Waals surface area (Å²) in [4.78, 5) is 15.0. The molecule has 0 aliphatic heterocycles. The molecule has 0 N–H and O–H groups in total. The van der Waals surface area contributed by atoms with Crippen LogP contribution in [0.3, 0.4) is 0 Å². The molecule has 220 valence electrons. The van der Waals surface area contributed by atoms with Crippen molar-refractivity contribution in [2.75, 3.05) is 0 Å². The summed E-state index contributed by atoms with van der Waals surface area (Å²) in [6.45, 7) is 0. The molecule has 0 saturated carbocycles. The Balaban J connectivity index is 1.16. The maximum absolute atomic E-state index is 6.61. The third-order valence-electron chi connectivity index (χ3n) is 9.00. The van der Waals surface area contributed by atoms with Gasteiger partial charge in [-0.3, -0.25) is 8.97 Å². The lowest BCUT2D eigenvalue weighted by atomic mass is 10.1. The van der Waals surface area contributed by atoms with Gasteiger partial charge in [0.15, 0.2) is 0 Å². The molecule has 0 unspecified atom stereocenters. The molecule has 6 nitrogen and oxygen atoms in total. The minimum atomic E-state index is 0.736. The Bertz CT molecular complexity index is 2820. The number of ether oxygens (including phenoxy) is 1. The molecule has 0 amide bonds. The second kappa shape index (κ2) is 9.99. The summed E-state index contributed by atoms with van der Waals surface area (Å²) in [7, 11) is 0. The molecule has 0 radical (unpaired) electrons. The number of fused-ring (bicyclic) bond motifs is 11. The number of pyridine rings is 3. The second-order valence-electron chi connectivity index (χ2n) is 11.7. The van der Waals surface area contributed by atoms with Crippen LogP contribution >= 0.6 is 0 Å². The fraction of sp³-hybridized carbons (Fsp3) is 0. The van der Waals surface area contributed by atoms with Crippen LogP contribution in [0.2, 0.25) is 0 Å². The first-order valence-electron chi connectivity index (χ1n) is 15.6. The summed E-state index contributed by atoms with van der Waals surface area (Å²) in [6, 6.07) is 49.7. The number of benzene rings is 5. The van der Waals surface area contributed by atoms with E-state index in [-0.39, 0.29) is 0 Å². The van der Waals surface area contributed by atoms with Crippen LogP contribution in [-0.4, -0.2) is 23.9 Å². The van der Waals surface area contributed by atoms with E-state index in [1.54, 1.807) is 0 Å². The number of hydrogen-bond acceptors (Lipinski definition) is 4. The first kappa shape index (κ1) is 25.8. The number of para-hydroxylation sites is 3. The van der Waals surface area contributed by atoms with Crippen LogP contribution < -0.4 is 4.74 Å². The topological polar surface area (TPSA) is 57.2 Å². The van der Waals surface area contributed by atoms with Gasteiger partial charge in [0, 0.05) is 39.4 Å². The van der Waals surface area contributed by atoms with Crippen molar-refractivity contribution in [1.29, 1.82) is 0 Å². The number of nitrogens with zero attached hydrogens (tertiary/aromatic N) is 5. The zero-order valence-electron chi connectivity index (χ0n) is 25.1. The van der Waals surface area contributed by atoms with Gasteiger partial charge in [0.05, 0.1) is 27.8 Å². The fourth-order valence-electron chi connectivity index (χ4n) is 6.91. The number of hydrogen-bond donors (Lipinski definition) is 0. The minimum absolute atomic E-state index is 0.736. The average Bonchev–Trinajstić information content (AvgIpc) is 3.69. The van der Waals surface area contributed by atoms with Gasteiger partial charge < -0.3 is 4.74 Å². The second-order valence-corrected chi connectivity index (χ2v) is 11.7. The third kappa shape index (κ3) is 3.95. The molecule has 5 heterocycles. The van der Waals surface area contributed by atoms with E-state index < -0.39 is 0 Å². The lowest BCUT2D eigenvalue weighted by Gasteiger charge is -2.12. The van der Waals surface area contributed by atoms with Gasteiger partial charge in [0.2, 0.25) is 0 Å². The highest BCUT2D eigenvalue weighted by Gasteiger charge is 2.17. The Labute approximate surface area is 268 Å². The molecule has 0 aliphatic carbocycles.